The average molecular weight is 217 g/mol. The Balaban J connectivity index is 2.28. The van der Waals surface area contributed by atoms with Gasteiger partial charge < -0.3 is 5.11 Å². The van der Waals surface area contributed by atoms with Crippen molar-refractivity contribution in [2.24, 2.45) is 0 Å². The van der Waals surface area contributed by atoms with Crippen LogP contribution >= 0.6 is 0 Å². The van der Waals surface area contributed by atoms with E-state index in [-0.39, 0.29) is 12.3 Å². The molecule has 0 unspecified atom stereocenters. The molecule has 16 heavy (non-hydrogen) atoms. The maximum Gasteiger partial charge on any atom is 0.172 e. The molecule has 0 saturated heterocycles. The summed E-state index contributed by atoms with van der Waals surface area (Å²) in [5.74, 6) is 0. The molecule has 0 spiro atoms. The van der Waals surface area contributed by atoms with E-state index in [0.29, 0.717) is 18.5 Å². The Bertz CT molecular complexity index is 479. The van der Waals surface area contributed by atoms with Crippen LogP contribution in [-0.4, -0.2) is 26.4 Å². The summed E-state index contributed by atoms with van der Waals surface area (Å²) in [4.78, 5) is 10.6. The van der Waals surface area contributed by atoms with E-state index in [9.17, 15) is 4.79 Å². The first-order valence-corrected chi connectivity index (χ1v) is 4.87. The summed E-state index contributed by atoms with van der Waals surface area (Å²) in [6.45, 7) is 0.255. The van der Waals surface area contributed by atoms with E-state index in [2.05, 4.69) is 10.3 Å². The molecule has 1 aromatic carbocycles. The summed E-state index contributed by atoms with van der Waals surface area (Å²) in [6, 6.07) is 9.67. The topological polar surface area (TPSA) is 68.0 Å². The van der Waals surface area contributed by atoms with Crippen LogP contribution < -0.4 is 0 Å². The van der Waals surface area contributed by atoms with Gasteiger partial charge in [0.2, 0.25) is 0 Å². The van der Waals surface area contributed by atoms with Gasteiger partial charge in [-0.1, -0.05) is 35.5 Å². The number of nitrogens with zero attached hydrogens (tertiary/aromatic N) is 3. The van der Waals surface area contributed by atoms with Crippen molar-refractivity contribution >= 4 is 6.29 Å². The zero-order chi connectivity index (χ0) is 11.4. The van der Waals surface area contributed by atoms with Crippen molar-refractivity contribution in [1.82, 2.24) is 15.0 Å². The van der Waals surface area contributed by atoms with Crippen molar-refractivity contribution in [3.8, 4) is 0 Å². The standard InChI is InChI=1S/C11H11N3O2/c15-7-10-11(8-16)14(13-12-10)6-9-4-2-1-3-5-9/h1-5,7,16H,6,8H2. The molecular formula is C11H11N3O2. The van der Waals surface area contributed by atoms with E-state index in [1.807, 2.05) is 30.3 Å². The molecule has 2 aromatic rings. The highest BCUT2D eigenvalue weighted by Gasteiger charge is 2.10. The predicted molar refractivity (Wildman–Crippen MR) is 56.9 cm³/mol. The lowest BCUT2D eigenvalue weighted by Crippen LogP contribution is -2.07. The van der Waals surface area contributed by atoms with Gasteiger partial charge in [0.05, 0.1) is 18.8 Å². The fourth-order valence-electron chi connectivity index (χ4n) is 1.48. The zero-order valence-electron chi connectivity index (χ0n) is 8.58. The summed E-state index contributed by atoms with van der Waals surface area (Å²) in [6.07, 6.45) is 0.597. The van der Waals surface area contributed by atoms with E-state index in [0.717, 1.165) is 5.56 Å². The number of carbonyl (C=O) groups excluding carboxylic acids is 1. The third kappa shape index (κ3) is 1.99. The first-order valence-electron chi connectivity index (χ1n) is 4.87. The SMILES string of the molecule is O=Cc1nnn(Cc2ccccc2)c1CO. The van der Waals surface area contributed by atoms with Gasteiger partial charge in [-0.05, 0) is 5.56 Å². The molecule has 5 heteroatoms. The number of aliphatic hydroxyl groups excluding tert-OH is 1. The van der Waals surface area contributed by atoms with E-state index < -0.39 is 0 Å². The first-order chi connectivity index (χ1) is 7.85. The van der Waals surface area contributed by atoms with Crippen LogP contribution in [0, 0.1) is 0 Å². The lowest BCUT2D eigenvalue weighted by Gasteiger charge is -2.04. The Hall–Kier alpha value is -2.01. The van der Waals surface area contributed by atoms with Crippen LogP contribution in [0.2, 0.25) is 0 Å². The van der Waals surface area contributed by atoms with Gasteiger partial charge in [-0.25, -0.2) is 4.68 Å². The number of hydrogen-bond donors (Lipinski definition) is 1. The Labute approximate surface area is 92.3 Å². The lowest BCUT2D eigenvalue weighted by atomic mass is 10.2. The molecule has 0 radical (unpaired) electrons. The molecule has 0 aliphatic carbocycles. The van der Waals surface area contributed by atoms with Gasteiger partial charge in [0.25, 0.3) is 0 Å². The summed E-state index contributed by atoms with van der Waals surface area (Å²) in [5.41, 5.74) is 1.68. The van der Waals surface area contributed by atoms with Crippen molar-refractivity contribution in [2.45, 2.75) is 13.2 Å². The van der Waals surface area contributed by atoms with Gasteiger partial charge in [-0.3, -0.25) is 4.79 Å². The van der Waals surface area contributed by atoms with Crippen LogP contribution in [0.3, 0.4) is 0 Å². The minimum Gasteiger partial charge on any atom is -0.390 e. The molecule has 0 amide bonds. The van der Waals surface area contributed by atoms with Crippen LogP contribution in [-0.2, 0) is 13.2 Å². The molecule has 0 atom stereocenters. The van der Waals surface area contributed by atoms with Crippen molar-refractivity contribution in [1.29, 1.82) is 0 Å². The second kappa shape index (κ2) is 4.67. The largest absolute Gasteiger partial charge is 0.390 e. The maximum absolute atomic E-state index is 10.6. The Morgan fingerprint density at radius 2 is 2.06 bits per heavy atom. The van der Waals surface area contributed by atoms with Crippen LogP contribution in [0.4, 0.5) is 0 Å². The monoisotopic (exact) mass is 217 g/mol. The number of carbonyl (C=O) groups is 1. The van der Waals surface area contributed by atoms with E-state index in [1.54, 1.807) is 0 Å². The fourth-order valence-corrected chi connectivity index (χ4v) is 1.48. The smallest absolute Gasteiger partial charge is 0.172 e. The van der Waals surface area contributed by atoms with Gasteiger partial charge in [-0.2, -0.15) is 0 Å². The molecule has 0 bridgehead atoms. The van der Waals surface area contributed by atoms with E-state index in [4.69, 9.17) is 5.11 Å². The number of hydrogen-bond acceptors (Lipinski definition) is 4. The van der Waals surface area contributed by atoms with Gasteiger partial charge in [0, 0.05) is 0 Å². The van der Waals surface area contributed by atoms with Crippen molar-refractivity contribution in [2.75, 3.05) is 0 Å². The molecule has 0 saturated carbocycles. The number of benzene rings is 1. The molecule has 5 nitrogen and oxygen atoms in total. The van der Waals surface area contributed by atoms with Crippen LogP contribution in [0.1, 0.15) is 21.7 Å². The van der Waals surface area contributed by atoms with Gasteiger partial charge >= 0.3 is 0 Å². The average Bonchev–Trinajstić information content (AvgIpc) is 2.72. The van der Waals surface area contributed by atoms with E-state index in [1.165, 1.54) is 4.68 Å². The molecule has 1 heterocycles. The van der Waals surface area contributed by atoms with Crippen molar-refractivity contribution in [3.05, 3.63) is 47.3 Å². The number of aliphatic hydroxyl groups is 1. The molecule has 0 fully saturated rings. The Morgan fingerprint density at radius 3 is 2.69 bits per heavy atom. The van der Waals surface area contributed by atoms with Crippen LogP contribution in [0.25, 0.3) is 0 Å². The third-order valence-electron chi connectivity index (χ3n) is 2.30. The zero-order valence-corrected chi connectivity index (χ0v) is 8.58. The summed E-state index contributed by atoms with van der Waals surface area (Å²) in [5, 5.41) is 16.7. The highest BCUT2D eigenvalue weighted by atomic mass is 16.3. The second-order valence-corrected chi connectivity index (χ2v) is 3.34. The summed E-state index contributed by atoms with van der Waals surface area (Å²) >= 11 is 0. The van der Waals surface area contributed by atoms with Crippen molar-refractivity contribution < 1.29 is 9.90 Å². The van der Waals surface area contributed by atoms with Gasteiger partial charge in [-0.15, -0.1) is 5.10 Å². The first kappa shape index (κ1) is 10.5. The predicted octanol–water partition coefficient (Wildman–Crippen LogP) is 0.631. The number of aromatic nitrogens is 3. The van der Waals surface area contributed by atoms with Crippen molar-refractivity contribution in [3.63, 3.8) is 0 Å². The van der Waals surface area contributed by atoms with Crippen LogP contribution in [0.5, 0.6) is 0 Å². The van der Waals surface area contributed by atoms with E-state index >= 15 is 0 Å². The third-order valence-corrected chi connectivity index (χ3v) is 2.30. The number of rotatable bonds is 4. The second-order valence-electron chi connectivity index (χ2n) is 3.34. The number of aldehydes is 1. The maximum atomic E-state index is 10.6. The summed E-state index contributed by atoms with van der Waals surface area (Å²) < 4.78 is 1.53. The molecule has 1 aromatic heterocycles. The Kier molecular flexibility index (Phi) is 3.07. The summed E-state index contributed by atoms with van der Waals surface area (Å²) in [7, 11) is 0. The normalized spacial score (nSPS) is 10.3. The fraction of sp³-hybridized carbons (Fsp3) is 0.182. The highest BCUT2D eigenvalue weighted by molar-refractivity contribution is 5.73. The molecule has 0 aliphatic rings. The quantitative estimate of drug-likeness (QED) is 0.763. The Morgan fingerprint density at radius 1 is 1.31 bits per heavy atom. The molecule has 1 N–H and O–H groups in total. The molecule has 2 rings (SSSR count). The minimum atomic E-state index is -0.242. The highest BCUT2D eigenvalue weighted by Crippen LogP contribution is 2.07. The minimum absolute atomic E-state index is 0.193. The molecule has 82 valence electrons. The molecular weight excluding hydrogens is 206 g/mol. The van der Waals surface area contributed by atoms with Crippen LogP contribution in [0.15, 0.2) is 30.3 Å². The van der Waals surface area contributed by atoms with Gasteiger partial charge in [0.1, 0.15) is 0 Å². The van der Waals surface area contributed by atoms with Gasteiger partial charge in [0.15, 0.2) is 12.0 Å². The molecule has 0 aliphatic heterocycles. The lowest BCUT2D eigenvalue weighted by molar-refractivity contribution is 0.111.